The van der Waals surface area contributed by atoms with Crippen LogP contribution in [-0.4, -0.2) is 54.7 Å². The second kappa shape index (κ2) is 6.81. The minimum absolute atomic E-state index is 0.0396. The lowest BCUT2D eigenvalue weighted by molar-refractivity contribution is -0.145. The fraction of sp³-hybridized carbons (Fsp3) is 0.556. The van der Waals surface area contributed by atoms with Crippen molar-refractivity contribution < 1.29 is 19.4 Å². The number of methoxy groups -OCH3 is 1. The summed E-state index contributed by atoms with van der Waals surface area (Å²) in [5.41, 5.74) is 0.785. The van der Waals surface area contributed by atoms with Crippen LogP contribution in [0.4, 0.5) is 5.69 Å². The fourth-order valence-electron chi connectivity index (χ4n) is 3.92. The minimum atomic E-state index is -0.765. The number of aliphatic carboxylic acids is 1. The molecule has 0 aliphatic carbocycles. The molecule has 0 bridgehead atoms. The van der Waals surface area contributed by atoms with Crippen molar-refractivity contribution in [3.8, 4) is 5.75 Å². The number of amides is 1. The molecular formula is C18H24N2O4. The van der Waals surface area contributed by atoms with Crippen LogP contribution in [0.15, 0.2) is 24.3 Å². The molecule has 2 heterocycles. The molecule has 2 aliphatic heterocycles. The zero-order valence-corrected chi connectivity index (χ0v) is 14.1. The van der Waals surface area contributed by atoms with Crippen molar-refractivity contribution in [2.45, 2.75) is 25.8 Å². The maximum absolute atomic E-state index is 12.9. The third kappa shape index (κ3) is 3.11. The minimum Gasteiger partial charge on any atom is -0.495 e. The summed E-state index contributed by atoms with van der Waals surface area (Å²) < 4.78 is 5.37. The van der Waals surface area contributed by atoms with E-state index in [0.29, 0.717) is 25.3 Å². The van der Waals surface area contributed by atoms with Crippen molar-refractivity contribution in [1.82, 2.24) is 4.90 Å². The van der Waals surface area contributed by atoms with E-state index < -0.39 is 5.97 Å². The van der Waals surface area contributed by atoms with E-state index in [2.05, 4.69) is 11.8 Å². The average molecular weight is 332 g/mol. The Hall–Kier alpha value is -2.08. The van der Waals surface area contributed by atoms with Crippen LogP contribution in [-0.2, 0) is 9.59 Å². The zero-order chi connectivity index (χ0) is 17.3. The van der Waals surface area contributed by atoms with Crippen molar-refractivity contribution in [2.24, 2.45) is 11.8 Å². The van der Waals surface area contributed by atoms with Crippen LogP contribution < -0.4 is 9.64 Å². The number of rotatable bonds is 4. The predicted molar refractivity (Wildman–Crippen MR) is 90.2 cm³/mol. The molecule has 24 heavy (non-hydrogen) atoms. The summed E-state index contributed by atoms with van der Waals surface area (Å²) in [5.74, 6) is -0.145. The van der Waals surface area contributed by atoms with Crippen molar-refractivity contribution in [3.05, 3.63) is 24.3 Å². The standard InChI is InChI=1S/C18H24N2O4/c1-12-9-13(18(22)23)11-19(10-12)15-7-8-20(17(15)21)14-5-3-4-6-16(14)24-2/h3-6,12-13,15H,7-11H2,1-2H3,(H,22,23). The molecule has 0 radical (unpaired) electrons. The molecular weight excluding hydrogens is 308 g/mol. The highest BCUT2D eigenvalue weighted by Gasteiger charge is 2.41. The lowest BCUT2D eigenvalue weighted by atomic mass is 9.89. The Bertz CT molecular complexity index is 633. The average Bonchev–Trinajstić information content (AvgIpc) is 2.95. The van der Waals surface area contributed by atoms with Gasteiger partial charge in [-0.2, -0.15) is 0 Å². The number of hydrogen-bond acceptors (Lipinski definition) is 4. The Balaban J connectivity index is 1.77. The van der Waals surface area contributed by atoms with Gasteiger partial charge in [-0.15, -0.1) is 0 Å². The molecule has 3 atom stereocenters. The predicted octanol–water partition coefficient (Wildman–Crippen LogP) is 1.84. The second-order valence-electron chi connectivity index (χ2n) is 6.80. The number of ether oxygens (including phenoxy) is 1. The van der Waals surface area contributed by atoms with E-state index in [1.807, 2.05) is 24.3 Å². The number of anilines is 1. The van der Waals surface area contributed by atoms with Crippen molar-refractivity contribution in [1.29, 1.82) is 0 Å². The van der Waals surface area contributed by atoms with Gasteiger partial charge in [-0.05, 0) is 30.9 Å². The Morgan fingerprint density at radius 1 is 1.29 bits per heavy atom. The van der Waals surface area contributed by atoms with E-state index in [1.54, 1.807) is 12.0 Å². The summed E-state index contributed by atoms with van der Waals surface area (Å²) in [4.78, 5) is 28.1. The molecule has 2 saturated heterocycles. The number of nitrogens with zero attached hydrogens (tertiary/aromatic N) is 2. The number of para-hydroxylation sites is 2. The van der Waals surface area contributed by atoms with E-state index in [0.717, 1.165) is 18.7 Å². The quantitative estimate of drug-likeness (QED) is 0.911. The van der Waals surface area contributed by atoms with Crippen LogP contribution in [0.25, 0.3) is 0 Å². The smallest absolute Gasteiger partial charge is 0.307 e. The topological polar surface area (TPSA) is 70.1 Å². The largest absolute Gasteiger partial charge is 0.495 e. The van der Waals surface area contributed by atoms with E-state index in [-0.39, 0.29) is 23.8 Å². The van der Waals surface area contributed by atoms with Crippen molar-refractivity contribution in [3.63, 3.8) is 0 Å². The SMILES string of the molecule is COc1ccccc1N1CCC(N2CC(C)CC(C(=O)O)C2)C1=O. The van der Waals surface area contributed by atoms with Crippen LogP contribution in [0.1, 0.15) is 19.8 Å². The summed E-state index contributed by atoms with van der Waals surface area (Å²) in [7, 11) is 1.60. The van der Waals surface area contributed by atoms with Crippen LogP contribution in [0.2, 0.25) is 0 Å². The van der Waals surface area contributed by atoms with Gasteiger partial charge < -0.3 is 14.7 Å². The van der Waals surface area contributed by atoms with Gasteiger partial charge in [0.05, 0.1) is 24.8 Å². The molecule has 3 rings (SSSR count). The summed E-state index contributed by atoms with van der Waals surface area (Å²) in [6.45, 7) is 3.92. The van der Waals surface area contributed by atoms with Crippen LogP contribution in [0.3, 0.4) is 0 Å². The first kappa shape index (κ1) is 16.8. The molecule has 1 amide bonds. The highest BCUT2D eigenvalue weighted by atomic mass is 16.5. The van der Waals surface area contributed by atoms with Crippen molar-refractivity contribution >= 4 is 17.6 Å². The third-order valence-corrected chi connectivity index (χ3v) is 5.03. The van der Waals surface area contributed by atoms with Gasteiger partial charge in [0.1, 0.15) is 5.75 Å². The molecule has 0 aromatic heterocycles. The summed E-state index contributed by atoms with van der Waals surface area (Å²) in [6, 6.07) is 7.27. The molecule has 6 nitrogen and oxygen atoms in total. The number of carboxylic acids is 1. The number of benzene rings is 1. The monoisotopic (exact) mass is 332 g/mol. The van der Waals surface area contributed by atoms with E-state index in [1.165, 1.54) is 0 Å². The summed E-state index contributed by atoms with van der Waals surface area (Å²) >= 11 is 0. The molecule has 6 heteroatoms. The van der Waals surface area contributed by atoms with Crippen LogP contribution >= 0.6 is 0 Å². The number of piperidine rings is 1. The van der Waals surface area contributed by atoms with E-state index >= 15 is 0 Å². The highest BCUT2D eigenvalue weighted by molar-refractivity contribution is 6.00. The number of carbonyl (C=O) groups is 2. The number of likely N-dealkylation sites (tertiary alicyclic amines) is 1. The first-order valence-corrected chi connectivity index (χ1v) is 8.42. The molecule has 1 aromatic carbocycles. The Morgan fingerprint density at radius 2 is 2.04 bits per heavy atom. The summed E-state index contributed by atoms with van der Waals surface area (Å²) in [5, 5.41) is 9.34. The lowest BCUT2D eigenvalue weighted by Crippen LogP contribution is -2.50. The maximum atomic E-state index is 12.9. The van der Waals surface area contributed by atoms with Crippen LogP contribution in [0, 0.1) is 11.8 Å². The number of hydrogen-bond donors (Lipinski definition) is 1. The fourth-order valence-corrected chi connectivity index (χ4v) is 3.92. The molecule has 0 saturated carbocycles. The van der Waals surface area contributed by atoms with Crippen molar-refractivity contribution in [2.75, 3.05) is 31.6 Å². The van der Waals surface area contributed by atoms with E-state index in [9.17, 15) is 14.7 Å². The molecule has 1 aromatic rings. The Kier molecular flexibility index (Phi) is 4.76. The first-order valence-electron chi connectivity index (χ1n) is 8.42. The Labute approximate surface area is 142 Å². The third-order valence-electron chi connectivity index (χ3n) is 5.03. The van der Waals surface area contributed by atoms with Gasteiger partial charge in [0.2, 0.25) is 5.91 Å². The maximum Gasteiger partial charge on any atom is 0.307 e. The van der Waals surface area contributed by atoms with Gasteiger partial charge >= 0.3 is 5.97 Å². The summed E-state index contributed by atoms with van der Waals surface area (Å²) in [6.07, 6.45) is 1.40. The molecule has 2 fully saturated rings. The van der Waals surface area contributed by atoms with E-state index in [4.69, 9.17) is 4.74 Å². The molecule has 0 spiro atoms. The van der Waals surface area contributed by atoms with Gasteiger partial charge in [0.25, 0.3) is 0 Å². The van der Waals surface area contributed by atoms with Gasteiger partial charge in [0.15, 0.2) is 0 Å². The normalized spacial score (nSPS) is 28.2. The molecule has 1 N–H and O–H groups in total. The molecule has 2 aliphatic rings. The van der Waals surface area contributed by atoms with Gasteiger partial charge in [-0.25, -0.2) is 0 Å². The first-order chi connectivity index (χ1) is 11.5. The molecule has 3 unspecified atom stereocenters. The Morgan fingerprint density at radius 3 is 2.75 bits per heavy atom. The highest BCUT2D eigenvalue weighted by Crippen LogP contribution is 2.34. The molecule has 130 valence electrons. The van der Waals surface area contributed by atoms with Gasteiger partial charge in [-0.3, -0.25) is 14.5 Å². The number of carboxylic acid groups (broad SMARTS) is 1. The number of carbonyl (C=O) groups excluding carboxylic acids is 1. The second-order valence-corrected chi connectivity index (χ2v) is 6.80. The van der Waals surface area contributed by atoms with Crippen LogP contribution in [0.5, 0.6) is 5.75 Å². The van der Waals surface area contributed by atoms with Gasteiger partial charge in [-0.1, -0.05) is 19.1 Å². The van der Waals surface area contributed by atoms with Gasteiger partial charge in [0, 0.05) is 19.6 Å². The zero-order valence-electron chi connectivity index (χ0n) is 14.1. The lowest BCUT2D eigenvalue weighted by Gasteiger charge is -2.37.